The second-order valence-corrected chi connectivity index (χ2v) is 10.8. The average molecular weight is 423 g/mol. The monoisotopic (exact) mass is 422 g/mol. The molecule has 1 aliphatic heterocycles. The number of rotatable bonds is 2. The molecule has 5 aliphatic rings. The van der Waals surface area contributed by atoms with Crippen molar-refractivity contribution in [2.45, 2.75) is 77.5 Å². The highest BCUT2D eigenvalue weighted by Gasteiger charge is 2.79. The zero-order chi connectivity index (χ0) is 21.6. The number of ether oxygens (including phenoxy) is 3. The second-order valence-electron chi connectivity index (χ2n) is 10.8. The summed E-state index contributed by atoms with van der Waals surface area (Å²) in [6, 6.07) is 0. The number of esters is 1. The molecule has 0 aromatic heterocycles. The minimum atomic E-state index is -1.10. The first-order valence-corrected chi connectivity index (χ1v) is 11.4. The lowest BCUT2D eigenvalue weighted by Crippen LogP contribution is -2.75. The van der Waals surface area contributed by atoms with E-state index in [4.69, 9.17) is 14.2 Å². The Hall–Kier alpha value is -1.02. The highest BCUT2D eigenvalue weighted by molar-refractivity contribution is 5.92. The Morgan fingerprint density at radius 1 is 1.23 bits per heavy atom. The van der Waals surface area contributed by atoms with Crippen LogP contribution in [0.1, 0.15) is 52.9 Å². The smallest absolute Gasteiger partial charge is 0.302 e. The predicted octanol–water partition coefficient (Wildman–Crippen LogP) is 1.68. The number of Topliss-reactive ketones (excluding diaryl/α,β-unsaturated/α-hetero) is 1. The van der Waals surface area contributed by atoms with Crippen LogP contribution in [0.4, 0.5) is 0 Å². The molecule has 5 fully saturated rings. The molecule has 0 unspecified atom stereocenters. The molecule has 1 heterocycles. The second kappa shape index (κ2) is 6.50. The molecule has 1 saturated heterocycles. The van der Waals surface area contributed by atoms with Crippen molar-refractivity contribution in [1.29, 1.82) is 0 Å². The molecule has 2 N–H and O–H groups in total. The van der Waals surface area contributed by atoms with Crippen LogP contribution in [0.3, 0.4) is 0 Å². The van der Waals surface area contributed by atoms with Gasteiger partial charge in [0.15, 0.2) is 6.29 Å². The Morgan fingerprint density at radius 3 is 2.63 bits per heavy atom. The first kappa shape index (κ1) is 20.9. The predicted molar refractivity (Wildman–Crippen MR) is 105 cm³/mol. The first-order chi connectivity index (χ1) is 14.1. The van der Waals surface area contributed by atoms with Gasteiger partial charge in [0, 0.05) is 36.7 Å². The van der Waals surface area contributed by atoms with E-state index in [0.717, 1.165) is 19.3 Å². The van der Waals surface area contributed by atoms with Gasteiger partial charge >= 0.3 is 5.97 Å². The van der Waals surface area contributed by atoms with Crippen LogP contribution in [0.5, 0.6) is 0 Å². The molecule has 30 heavy (non-hydrogen) atoms. The quantitative estimate of drug-likeness (QED) is 0.653. The van der Waals surface area contributed by atoms with E-state index < -0.39 is 40.8 Å². The maximum atomic E-state index is 13.9. The van der Waals surface area contributed by atoms with Crippen LogP contribution in [0.15, 0.2) is 0 Å². The number of carbonyl (C=O) groups is 2. The fraction of sp³-hybridized carbons (Fsp3) is 0.913. The lowest BCUT2D eigenvalue weighted by atomic mass is 9.38. The van der Waals surface area contributed by atoms with Crippen molar-refractivity contribution in [3.63, 3.8) is 0 Å². The van der Waals surface area contributed by atoms with Crippen LogP contribution in [-0.4, -0.2) is 60.3 Å². The van der Waals surface area contributed by atoms with Gasteiger partial charge in [0.2, 0.25) is 0 Å². The molecular weight excluding hydrogens is 388 g/mol. The average Bonchev–Trinajstić information content (AvgIpc) is 2.81. The minimum absolute atomic E-state index is 0.0396. The summed E-state index contributed by atoms with van der Waals surface area (Å²) in [5.41, 5.74) is -1.99. The van der Waals surface area contributed by atoms with Crippen LogP contribution < -0.4 is 0 Å². The third-order valence-corrected chi connectivity index (χ3v) is 9.89. The van der Waals surface area contributed by atoms with E-state index in [0.29, 0.717) is 19.4 Å². The van der Waals surface area contributed by atoms with Crippen molar-refractivity contribution in [3.8, 4) is 0 Å². The van der Waals surface area contributed by atoms with Gasteiger partial charge in [-0.05, 0) is 37.5 Å². The zero-order valence-corrected chi connectivity index (χ0v) is 18.3. The lowest BCUT2D eigenvalue weighted by molar-refractivity contribution is -0.344. The third kappa shape index (κ3) is 2.20. The van der Waals surface area contributed by atoms with Crippen molar-refractivity contribution in [3.05, 3.63) is 0 Å². The summed E-state index contributed by atoms with van der Waals surface area (Å²) < 4.78 is 17.8. The Bertz CT molecular complexity index is 769. The molecule has 1 spiro atoms. The van der Waals surface area contributed by atoms with E-state index in [2.05, 4.69) is 6.92 Å². The van der Waals surface area contributed by atoms with E-state index in [1.807, 2.05) is 6.92 Å². The molecule has 7 heteroatoms. The molecule has 0 radical (unpaired) electrons. The van der Waals surface area contributed by atoms with E-state index in [9.17, 15) is 19.8 Å². The van der Waals surface area contributed by atoms with Gasteiger partial charge < -0.3 is 24.4 Å². The number of aliphatic hydroxyl groups is 2. The largest absolute Gasteiger partial charge is 0.462 e. The Balaban J connectivity index is 1.74. The fourth-order valence-electron chi connectivity index (χ4n) is 8.83. The number of aliphatic hydroxyl groups excluding tert-OH is 2. The van der Waals surface area contributed by atoms with Gasteiger partial charge in [0.1, 0.15) is 11.9 Å². The van der Waals surface area contributed by atoms with Crippen molar-refractivity contribution >= 4 is 11.8 Å². The van der Waals surface area contributed by atoms with Crippen molar-refractivity contribution < 1.29 is 34.0 Å². The van der Waals surface area contributed by atoms with Crippen LogP contribution in [0, 0.1) is 39.9 Å². The number of hydrogen-bond donors (Lipinski definition) is 2. The summed E-state index contributed by atoms with van der Waals surface area (Å²) >= 11 is 0. The number of methoxy groups -OCH3 is 1. The van der Waals surface area contributed by atoms with E-state index in [1.54, 1.807) is 7.11 Å². The molecular formula is C23H34O7. The molecule has 7 nitrogen and oxygen atoms in total. The highest BCUT2D eigenvalue weighted by atomic mass is 16.6. The van der Waals surface area contributed by atoms with Gasteiger partial charge in [-0.2, -0.15) is 0 Å². The Labute approximate surface area is 177 Å². The molecule has 4 saturated carbocycles. The number of ketones is 1. The fourth-order valence-corrected chi connectivity index (χ4v) is 8.83. The SMILES string of the molecule is CO[C@H]1C[C@@H]2[C@@]3(C)CCC[C@@]2(CO[C@@H]3O)[C@@H]2[C@@H](OC(C)=O)C[C@@H]3[C@@H](O)[C@]12C(=O)[C@@H]3C. The summed E-state index contributed by atoms with van der Waals surface area (Å²) in [5.74, 6) is -1.19. The van der Waals surface area contributed by atoms with Gasteiger partial charge in [-0.1, -0.05) is 20.3 Å². The van der Waals surface area contributed by atoms with Crippen molar-refractivity contribution in [2.24, 2.45) is 39.9 Å². The van der Waals surface area contributed by atoms with Gasteiger partial charge in [-0.15, -0.1) is 0 Å². The molecule has 5 rings (SSSR count). The molecule has 168 valence electrons. The summed E-state index contributed by atoms with van der Waals surface area (Å²) in [5, 5.41) is 22.4. The number of carbonyl (C=O) groups excluding carboxylic acids is 2. The van der Waals surface area contributed by atoms with Crippen LogP contribution in [-0.2, 0) is 23.8 Å². The van der Waals surface area contributed by atoms with Gasteiger partial charge in [0.25, 0.3) is 0 Å². The number of fused-ring (bicyclic) bond motifs is 1. The van der Waals surface area contributed by atoms with Gasteiger partial charge in [0.05, 0.1) is 24.2 Å². The van der Waals surface area contributed by atoms with Crippen molar-refractivity contribution in [2.75, 3.05) is 13.7 Å². The topological polar surface area (TPSA) is 102 Å². The van der Waals surface area contributed by atoms with Crippen LogP contribution in [0.2, 0.25) is 0 Å². The summed E-state index contributed by atoms with van der Waals surface area (Å²) in [6.45, 7) is 5.68. The highest BCUT2D eigenvalue weighted by Crippen LogP contribution is 2.73. The van der Waals surface area contributed by atoms with Crippen LogP contribution >= 0.6 is 0 Å². The zero-order valence-electron chi connectivity index (χ0n) is 18.3. The van der Waals surface area contributed by atoms with E-state index in [1.165, 1.54) is 6.92 Å². The van der Waals surface area contributed by atoms with Gasteiger partial charge in [-0.25, -0.2) is 0 Å². The maximum absolute atomic E-state index is 13.9. The molecule has 0 aromatic carbocycles. The van der Waals surface area contributed by atoms with Gasteiger partial charge in [-0.3, -0.25) is 9.59 Å². The summed E-state index contributed by atoms with van der Waals surface area (Å²) in [4.78, 5) is 25.9. The van der Waals surface area contributed by atoms with E-state index >= 15 is 0 Å². The van der Waals surface area contributed by atoms with Crippen LogP contribution in [0.25, 0.3) is 0 Å². The molecule has 0 aromatic rings. The summed E-state index contributed by atoms with van der Waals surface area (Å²) in [6.07, 6.45) is 1.02. The van der Waals surface area contributed by atoms with Crippen molar-refractivity contribution in [1.82, 2.24) is 0 Å². The Kier molecular flexibility index (Phi) is 4.52. The Morgan fingerprint density at radius 2 is 1.97 bits per heavy atom. The first-order valence-electron chi connectivity index (χ1n) is 11.4. The lowest BCUT2D eigenvalue weighted by Gasteiger charge is -2.70. The third-order valence-electron chi connectivity index (χ3n) is 9.89. The molecule has 4 bridgehead atoms. The normalized spacial score (nSPS) is 56.8. The molecule has 4 aliphatic carbocycles. The standard InChI is InChI=1S/C23H34O7/c1-11-13-8-14(30-12(2)24)17-22-7-5-6-21(3,20(27)29-10-22)15(22)9-16(28-4)23(17,18(11)25)19(13)26/h11,13-17,19-20,26-27H,5-10H2,1-4H3/t11-,13+,14+,15-,16+,17+,19-,20+,21-,22+,23-/m1/s1. The maximum Gasteiger partial charge on any atom is 0.302 e. The molecule has 0 amide bonds. The summed E-state index contributed by atoms with van der Waals surface area (Å²) in [7, 11) is 1.61. The minimum Gasteiger partial charge on any atom is -0.462 e. The number of hydrogen-bond acceptors (Lipinski definition) is 7. The van der Waals surface area contributed by atoms with E-state index in [-0.39, 0.29) is 35.4 Å². The molecule has 11 atom stereocenters.